The Labute approximate surface area is 155 Å². The molecule has 2 rings (SSSR count). The quantitative estimate of drug-likeness (QED) is 0.754. The van der Waals surface area contributed by atoms with Gasteiger partial charge in [0.1, 0.15) is 5.01 Å². The summed E-state index contributed by atoms with van der Waals surface area (Å²) in [5.41, 5.74) is 7.17. The summed E-state index contributed by atoms with van der Waals surface area (Å²) in [6, 6.07) is 6.92. The standard InChI is InChI=1S/C18H21N3O4S/c1-4-11-5-7-12(8-6-11)16-20-13(9-26-16)17(23)25-14(10(2)3)15(22)21-18(19)24/h5-10,14H,4H2,1-3H3,(H3,19,21,22,24)/t14-/m1/s1. The third-order valence-corrected chi connectivity index (χ3v) is 4.56. The molecule has 1 aromatic carbocycles. The molecule has 0 aliphatic carbocycles. The molecule has 0 unspecified atom stereocenters. The van der Waals surface area contributed by atoms with Crippen LogP contribution >= 0.6 is 11.3 Å². The normalized spacial score (nSPS) is 11.8. The number of esters is 1. The van der Waals surface area contributed by atoms with E-state index in [2.05, 4.69) is 11.9 Å². The molecule has 1 heterocycles. The molecule has 2 aromatic rings. The van der Waals surface area contributed by atoms with Crippen molar-refractivity contribution in [3.63, 3.8) is 0 Å². The third-order valence-electron chi connectivity index (χ3n) is 3.67. The molecule has 3 N–H and O–H groups in total. The van der Waals surface area contributed by atoms with E-state index in [0.29, 0.717) is 5.01 Å². The molecule has 7 nitrogen and oxygen atoms in total. The lowest BCUT2D eigenvalue weighted by Gasteiger charge is -2.19. The minimum Gasteiger partial charge on any atom is -0.447 e. The highest BCUT2D eigenvalue weighted by atomic mass is 32.1. The fourth-order valence-electron chi connectivity index (χ4n) is 2.24. The van der Waals surface area contributed by atoms with E-state index in [1.54, 1.807) is 19.2 Å². The fraction of sp³-hybridized carbons (Fsp3) is 0.333. The molecule has 0 aliphatic rings. The number of aromatic nitrogens is 1. The molecule has 0 fully saturated rings. The van der Waals surface area contributed by atoms with Gasteiger partial charge in [-0.25, -0.2) is 14.6 Å². The number of hydrogen-bond acceptors (Lipinski definition) is 6. The zero-order chi connectivity index (χ0) is 19.3. The van der Waals surface area contributed by atoms with Gasteiger partial charge in [-0.1, -0.05) is 45.0 Å². The summed E-state index contributed by atoms with van der Waals surface area (Å²) in [6.07, 6.45) is -0.191. The van der Waals surface area contributed by atoms with Crippen LogP contribution in [0.3, 0.4) is 0 Å². The SMILES string of the molecule is CCc1ccc(-c2nc(C(=O)O[C@@H](C(=O)NC(N)=O)C(C)C)cs2)cc1. The zero-order valence-corrected chi connectivity index (χ0v) is 15.6. The van der Waals surface area contributed by atoms with E-state index in [1.165, 1.54) is 16.9 Å². The number of urea groups is 1. The number of thiazole rings is 1. The second kappa shape index (κ2) is 8.57. The lowest BCUT2D eigenvalue weighted by molar-refractivity contribution is -0.130. The Balaban J connectivity index is 2.12. The van der Waals surface area contributed by atoms with Gasteiger partial charge in [-0.3, -0.25) is 10.1 Å². The highest BCUT2D eigenvalue weighted by Crippen LogP contribution is 2.25. The second-order valence-corrected chi connectivity index (χ2v) is 6.87. The average Bonchev–Trinajstić information content (AvgIpc) is 3.08. The van der Waals surface area contributed by atoms with Crippen molar-refractivity contribution < 1.29 is 19.1 Å². The smallest absolute Gasteiger partial charge is 0.358 e. The molecule has 0 spiro atoms. The lowest BCUT2D eigenvalue weighted by Crippen LogP contribution is -2.45. The molecule has 138 valence electrons. The lowest BCUT2D eigenvalue weighted by atomic mass is 10.1. The second-order valence-electron chi connectivity index (χ2n) is 6.01. The van der Waals surface area contributed by atoms with E-state index in [9.17, 15) is 14.4 Å². The summed E-state index contributed by atoms with van der Waals surface area (Å²) in [6.45, 7) is 5.46. The van der Waals surface area contributed by atoms with Crippen LogP contribution in [0, 0.1) is 5.92 Å². The van der Waals surface area contributed by atoms with Crippen LogP contribution < -0.4 is 11.1 Å². The first-order valence-electron chi connectivity index (χ1n) is 8.18. The Kier molecular flexibility index (Phi) is 6.46. The molecule has 1 atom stereocenters. The number of benzene rings is 1. The van der Waals surface area contributed by atoms with Gasteiger partial charge in [-0.15, -0.1) is 11.3 Å². The van der Waals surface area contributed by atoms with Gasteiger partial charge in [-0.2, -0.15) is 0 Å². The Morgan fingerprint density at radius 1 is 1.23 bits per heavy atom. The van der Waals surface area contributed by atoms with Crippen molar-refractivity contribution in [3.05, 3.63) is 40.9 Å². The summed E-state index contributed by atoms with van der Waals surface area (Å²) >= 11 is 1.31. The molecule has 3 amide bonds. The predicted molar refractivity (Wildman–Crippen MR) is 98.7 cm³/mol. The van der Waals surface area contributed by atoms with Crippen molar-refractivity contribution in [2.24, 2.45) is 11.7 Å². The first-order chi connectivity index (χ1) is 12.3. The van der Waals surface area contributed by atoms with Gasteiger partial charge in [0.15, 0.2) is 11.8 Å². The largest absolute Gasteiger partial charge is 0.447 e. The summed E-state index contributed by atoms with van der Waals surface area (Å²) in [7, 11) is 0. The zero-order valence-electron chi connectivity index (χ0n) is 14.8. The van der Waals surface area contributed by atoms with Crippen LogP contribution in [0.4, 0.5) is 4.79 Å². The van der Waals surface area contributed by atoms with Crippen LogP contribution in [0.15, 0.2) is 29.6 Å². The predicted octanol–water partition coefficient (Wildman–Crippen LogP) is 2.75. The Bertz CT molecular complexity index is 799. The number of ether oxygens (including phenoxy) is 1. The highest BCUT2D eigenvalue weighted by molar-refractivity contribution is 7.13. The summed E-state index contributed by atoms with van der Waals surface area (Å²) in [4.78, 5) is 39.4. The van der Waals surface area contributed by atoms with Crippen LogP contribution in [0.5, 0.6) is 0 Å². The van der Waals surface area contributed by atoms with Crippen molar-refractivity contribution in [1.29, 1.82) is 0 Å². The molecule has 0 aliphatic heterocycles. The average molecular weight is 375 g/mol. The van der Waals surface area contributed by atoms with Gasteiger partial charge < -0.3 is 10.5 Å². The van der Waals surface area contributed by atoms with E-state index >= 15 is 0 Å². The maximum Gasteiger partial charge on any atom is 0.358 e. The van der Waals surface area contributed by atoms with Gasteiger partial charge in [0.2, 0.25) is 0 Å². The van der Waals surface area contributed by atoms with Gasteiger partial charge >= 0.3 is 12.0 Å². The maximum atomic E-state index is 12.3. The molecule has 1 aromatic heterocycles. The van der Waals surface area contributed by atoms with Crippen molar-refractivity contribution >= 4 is 29.2 Å². The van der Waals surface area contributed by atoms with Crippen molar-refractivity contribution in [3.8, 4) is 10.6 Å². The summed E-state index contributed by atoms with van der Waals surface area (Å²) < 4.78 is 5.23. The maximum absolute atomic E-state index is 12.3. The van der Waals surface area contributed by atoms with Crippen molar-refractivity contribution in [2.75, 3.05) is 0 Å². The van der Waals surface area contributed by atoms with Gasteiger partial charge in [0, 0.05) is 10.9 Å². The number of carbonyl (C=O) groups is 3. The first-order valence-corrected chi connectivity index (χ1v) is 9.05. The number of amides is 3. The molecule has 8 heteroatoms. The van der Waals surface area contributed by atoms with E-state index in [4.69, 9.17) is 10.5 Å². The molecule has 0 saturated carbocycles. The number of nitrogens with one attached hydrogen (secondary N) is 1. The number of nitrogens with zero attached hydrogens (tertiary/aromatic N) is 1. The summed E-state index contributed by atoms with van der Waals surface area (Å²) in [5.74, 6) is -1.82. The number of hydrogen-bond donors (Lipinski definition) is 2. The molecular formula is C18H21N3O4S. The number of carbonyl (C=O) groups excluding carboxylic acids is 3. The van der Waals surface area contributed by atoms with Gasteiger partial charge in [0.05, 0.1) is 0 Å². The fourth-order valence-corrected chi connectivity index (χ4v) is 3.04. The van der Waals surface area contributed by atoms with Crippen molar-refractivity contribution in [2.45, 2.75) is 33.3 Å². The Morgan fingerprint density at radius 2 is 1.88 bits per heavy atom. The summed E-state index contributed by atoms with van der Waals surface area (Å²) in [5, 5.41) is 4.19. The first kappa shape index (κ1) is 19.6. The van der Waals surface area contributed by atoms with Gasteiger partial charge in [-0.05, 0) is 17.9 Å². The molecule has 0 radical (unpaired) electrons. The minimum atomic E-state index is -1.14. The van der Waals surface area contributed by atoms with Gasteiger partial charge in [0.25, 0.3) is 5.91 Å². The number of aryl methyl sites for hydroxylation is 1. The van der Waals surface area contributed by atoms with E-state index < -0.39 is 24.0 Å². The Morgan fingerprint density at radius 3 is 2.42 bits per heavy atom. The molecular weight excluding hydrogens is 354 g/mol. The molecule has 0 bridgehead atoms. The minimum absolute atomic E-state index is 0.113. The number of primary amides is 1. The van der Waals surface area contributed by atoms with Crippen LogP contribution in [-0.2, 0) is 16.0 Å². The van der Waals surface area contributed by atoms with Crippen molar-refractivity contribution in [1.82, 2.24) is 10.3 Å². The topological polar surface area (TPSA) is 111 Å². The molecule has 0 saturated heterocycles. The number of rotatable bonds is 6. The highest BCUT2D eigenvalue weighted by Gasteiger charge is 2.28. The van der Waals surface area contributed by atoms with Crippen LogP contribution in [-0.4, -0.2) is 29.0 Å². The van der Waals surface area contributed by atoms with E-state index in [0.717, 1.165) is 12.0 Å². The Hall–Kier alpha value is -2.74. The van der Waals surface area contributed by atoms with Crippen LogP contribution in [0.25, 0.3) is 10.6 Å². The number of nitrogens with two attached hydrogens (primary N) is 1. The van der Waals surface area contributed by atoms with Crippen LogP contribution in [0.1, 0.15) is 36.8 Å². The third kappa shape index (κ3) is 4.89. The molecule has 26 heavy (non-hydrogen) atoms. The van der Waals surface area contributed by atoms with E-state index in [1.807, 2.05) is 29.6 Å². The number of imide groups is 1. The van der Waals surface area contributed by atoms with Crippen LogP contribution in [0.2, 0.25) is 0 Å². The monoisotopic (exact) mass is 375 g/mol. The van der Waals surface area contributed by atoms with E-state index in [-0.39, 0.29) is 11.6 Å².